The largest absolute Gasteiger partial charge is 0.390 e. The first-order valence-electron chi connectivity index (χ1n) is 7.38. The fraction of sp³-hybridized carbons (Fsp3) is 1.00. The Morgan fingerprint density at radius 3 is 2.56 bits per heavy atom. The van der Waals surface area contributed by atoms with Gasteiger partial charge in [0, 0.05) is 18.8 Å². The van der Waals surface area contributed by atoms with Crippen LogP contribution >= 0.6 is 0 Å². The Hall–Kier alpha value is -0.160. The molecule has 3 rings (SSSR count). The van der Waals surface area contributed by atoms with E-state index < -0.39 is 0 Å². The lowest BCUT2D eigenvalue weighted by Crippen LogP contribution is -3.27. The SMILES string of the molecule is CC(C)[C@@H]1OC[C@@]2(CO)COC3(CCCCC3)[NH+]12. The fourth-order valence-corrected chi connectivity index (χ4v) is 4.17. The number of hydrogen-bond donors (Lipinski definition) is 2. The maximum absolute atomic E-state index is 9.86. The molecule has 1 aliphatic carbocycles. The summed E-state index contributed by atoms with van der Waals surface area (Å²) in [6.45, 7) is 5.89. The summed E-state index contributed by atoms with van der Waals surface area (Å²) in [5.74, 6) is 0.467. The molecule has 0 radical (unpaired) electrons. The van der Waals surface area contributed by atoms with Gasteiger partial charge in [-0.3, -0.25) is 4.90 Å². The van der Waals surface area contributed by atoms with Gasteiger partial charge in [-0.25, -0.2) is 0 Å². The maximum Gasteiger partial charge on any atom is 0.204 e. The van der Waals surface area contributed by atoms with Crippen molar-refractivity contribution >= 4 is 0 Å². The van der Waals surface area contributed by atoms with Crippen LogP contribution in [0.4, 0.5) is 0 Å². The minimum Gasteiger partial charge on any atom is -0.390 e. The minimum absolute atomic E-state index is 0.0770. The van der Waals surface area contributed by atoms with Crippen LogP contribution in [0.5, 0.6) is 0 Å². The molecule has 3 atom stereocenters. The molecular weight excluding hydrogens is 230 g/mol. The number of rotatable bonds is 2. The zero-order valence-corrected chi connectivity index (χ0v) is 11.6. The molecule has 1 spiro atoms. The number of hydrogen-bond acceptors (Lipinski definition) is 3. The average Bonchev–Trinajstić information content (AvgIpc) is 2.90. The average molecular weight is 256 g/mol. The number of ether oxygens (including phenoxy) is 2. The molecule has 2 aliphatic heterocycles. The van der Waals surface area contributed by atoms with E-state index in [0.29, 0.717) is 19.1 Å². The summed E-state index contributed by atoms with van der Waals surface area (Å²) in [4.78, 5) is 1.40. The van der Waals surface area contributed by atoms with Crippen molar-refractivity contribution in [3.05, 3.63) is 0 Å². The summed E-state index contributed by atoms with van der Waals surface area (Å²) in [5.41, 5.74) is -0.279. The normalized spacial score (nSPS) is 42.7. The topological polar surface area (TPSA) is 43.1 Å². The lowest BCUT2D eigenvalue weighted by Gasteiger charge is -2.41. The van der Waals surface area contributed by atoms with Gasteiger partial charge in [0.15, 0.2) is 11.8 Å². The van der Waals surface area contributed by atoms with Crippen molar-refractivity contribution < 1.29 is 19.5 Å². The molecule has 2 N–H and O–H groups in total. The second-order valence-corrected chi connectivity index (χ2v) is 6.67. The van der Waals surface area contributed by atoms with Gasteiger partial charge < -0.3 is 14.6 Å². The molecule has 0 amide bonds. The Morgan fingerprint density at radius 1 is 1.22 bits per heavy atom. The van der Waals surface area contributed by atoms with E-state index in [4.69, 9.17) is 9.47 Å². The molecule has 0 aromatic rings. The first kappa shape index (κ1) is 12.9. The van der Waals surface area contributed by atoms with E-state index >= 15 is 0 Å². The molecule has 0 bridgehead atoms. The van der Waals surface area contributed by atoms with E-state index in [0.717, 1.165) is 12.8 Å². The van der Waals surface area contributed by atoms with Gasteiger partial charge in [-0.15, -0.1) is 0 Å². The summed E-state index contributed by atoms with van der Waals surface area (Å²) in [6, 6.07) is 0. The quantitative estimate of drug-likeness (QED) is 0.747. The number of quaternary nitrogens is 1. The number of aliphatic hydroxyl groups is 1. The number of aliphatic hydroxyl groups excluding tert-OH is 1. The van der Waals surface area contributed by atoms with Gasteiger partial charge in [-0.1, -0.05) is 20.3 Å². The van der Waals surface area contributed by atoms with Crippen LogP contribution < -0.4 is 4.90 Å². The first-order chi connectivity index (χ1) is 8.64. The van der Waals surface area contributed by atoms with Crippen LogP contribution in [0.2, 0.25) is 0 Å². The highest BCUT2D eigenvalue weighted by Crippen LogP contribution is 2.35. The van der Waals surface area contributed by atoms with Crippen molar-refractivity contribution in [3.63, 3.8) is 0 Å². The van der Waals surface area contributed by atoms with Crippen molar-refractivity contribution in [3.8, 4) is 0 Å². The van der Waals surface area contributed by atoms with Gasteiger partial charge in [0.05, 0.1) is 0 Å². The van der Waals surface area contributed by atoms with Crippen molar-refractivity contribution in [2.75, 3.05) is 19.8 Å². The smallest absolute Gasteiger partial charge is 0.204 e. The molecule has 2 saturated heterocycles. The molecule has 104 valence electrons. The van der Waals surface area contributed by atoms with Gasteiger partial charge in [0.2, 0.25) is 5.72 Å². The van der Waals surface area contributed by atoms with Crippen LogP contribution in [0, 0.1) is 5.92 Å². The van der Waals surface area contributed by atoms with Crippen LogP contribution in [0.15, 0.2) is 0 Å². The lowest BCUT2D eigenvalue weighted by atomic mass is 9.88. The predicted molar refractivity (Wildman–Crippen MR) is 67.1 cm³/mol. The van der Waals surface area contributed by atoms with E-state index in [1.54, 1.807) is 0 Å². The zero-order chi connectivity index (χ0) is 12.8. The highest BCUT2D eigenvalue weighted by molar-refractivity contribution is 4.93. The van der Waals surface area contributed by atoms with Crippen molar-refractivity contribution in [2.45, 2.75) is 63.4 Å². The van der Waals surface area contributed by atoms with E-state index in [-0.39, 0.29) is 24.1 Å². The highest BCUT2D eigenvalue weighted by Gasteiger charge is 2.67. The third-order valence-corrected chi connectivity index (χ3v) is 5.08. The van der Waals surface area contributed by atoms with Crippen molar-refractivity contribution in [2.24, 2.45) is 5.92 Å². The molecule has 0 aromatic carbocycles. The Labute approximate surface area is 109 Å². The molecule has 1 unspecified atom stereocenters. The van der Waals surface area contributed by atoms with Gasteiger partial charge in [0.1, 0.15) is 19.8 Å². The Kier molecular flexibility index (Phi) is 3.17. The summed E-state index contributed by atoms with van der Waals surface area (Å²) in [6.07, 6.45) is 6.23. The second-order valence-electron chi connectivity index (χ2n) is 6.67. The molecule has 4 heteroatoms. The van der Waals surface area contributed by atoms with Gasteiger partial charge in [-0.2, -0.15) is 0 Å². The monoisotopic (exact) mass is 256 g/mol. The van der Waals surface area contributed by atoms with E-state index in [1.807, 2.05) is 0 Å². The Bertz CT molecular complexity index is 314. The predicted octanol–water partition coefficient (Wildman–Crippen LogP) is 0.305. The summed E-state index contributed by atoms with van der Waals surface area (Å²) in [5, 5.41) is 9.86. The van der Waals surface area contributed by atoms with Crippen LogP contribution in [0.25, 0.3) is 0 Å². The minimum atomic E-state index is -0.202. The molecule has 4 nitrogen and oxygen atoms in total. The standard InChI is InChI=1S/C14H25NO3/c1-11(2)12-15-13(8-16,9-17-12)10-18-14(15)6-4-3-5-7-14/h11-12,16H,3-10H2,1-2H3/p+1/t12-,13-/m0/s1. The van der Waals surface area contributed by atoms with E-state index in [2.05, 4.69) is 13.8 Å². The summed E-state index contributed by atoms with van der Waals surface area (Å²) in [7, 11) is 0. The molecule has 3 aliphatic rings. The third-order valence-electron chi connectivity index (χ3n) is 5.08. The van der Waals surface area contributed by atoms with Crippen molar-refractivity contribution in [1.29, 1.82) is 0 Å². The Morgan fingerprint density at radius 2 is 1.94 bits per heavy atom. The molecule has 1 saturated carbocycles. The molecule has 2 heterocycles. The third kappa shape index (κ3) is 1.66. The van der Waals surface area contributed by atoms with Gasteiger partial charge in [0.25, 0.3) is 0 Å². The fourth-order valence-electron chi connectivity index (χ4n) is 4.17. The van der Waals surface area contributed by atoms with Gasteiger partial charge >= 0.3 is 0 Å². The zero-order valence-electron chi connectivity index (χ0n) is 11.6. The van der Waals surface area contributed by atoms with Crippen LogP contribution in [-0.2, 0) is 9.47 Å². The molecule has 0 aromatic heterocycles. The Balaban J connectivity index is 1.93. The van der Waals surface area contributed by atoms with Crippen LogP contribution in [-0.4, -0.2) is 42.4 Å². The second kappa shape index (κ2) is 4.44. The lowest BCUT2D eigenvalue weighted by molar-refractivity contribution is -1.02. The number of nitrogens with one attached hydrogen (secondary N) is 1. The first-order valence-corrected chi connectivity index (χ1v) is 7.38. The molecule has 3 fully saturated rings. The summed E-state index contributed by atoms with van der Waals surface area (Å²) < 4.78 is 12.3. The number of fused-ring (bicyclic) bond motifs is 2. The highest BCUT2D eigenvalue weighted by atomic mass is 16.6. The van der Waals surface area contributed by atoms with E-state index in [1.165, 1.54) is 24.2 Å². The maximum atomic E-state index is 9.86. The van der Waals surface area contributed by atoms with Crippen molar-refractivity contribution in [1.82, 2.24) is 0 Å². The van der Waals surface area contributed by atoms with E-state index in [9.17, 15) is 5.11 Å². The summed E-state index contributed by atoms with van der Waals surface area (Å²) >= 11 is 0. The van der Waals surface area contributed by atoms with Gasteiger partial charge in [-0.05, 0) is 12.8 Å². The molecular formula is C14H26NO3+. The van der Waals surface area contributed by atoms with Crippen LogP contribution in [0.3, 0.4) is 0 Å². The van der Waals surface area contributed by atoms with Crippen LogP contribution in [0.1, 0.15) is 46.0 Å². The molecule has 18 heavy (non-hydrogen) atoms.